The number of piperidine rings is 1. The van der Waals surface area contributed by atoms with E-state index in [1.54, 1.807) is 12.2 Å². The predicted octanol–water partition coefficient (Wildman–Crippen LogP) is -0.355. The van der Waals surface area contributed by atoms with Gasteiger partial charge in [-0.1, -0.05) is 6.08 Å². The van der Waals surface area contributed by atoms with Crippen molar-refractivity contribution in [3.8, 4) is 0 Å². The first-order valence-electron chi connectivity index (χ1n) is 8.98. The first kappa shape index (κ1) is 18.4. The lowest BCUT2D eigenvalue weighted by Crippen LogP contribution is -2.56. The van der Waals surface area contributed by atoms with Crippen LogP contribution in [0.3, 0.4) is 0 Å². The molecule has 0 aliphatic carbocycles. The standard InChI is InChI=1S/C16H21N5O5S/c22-15-13-2-1-5-17-14(13)18-16(23)21(15)12-3-6-19(7-4-12)27(24,25)20-8-10-26-11-9-20/h1-2,5,12-13H,3-4,6-11H2. The normalized spacial score (nSPS) is 28.4. The largest absolute Gasteiger partial charge is 0.379 e. The molecule has 3 amide bonds. The molecular formula is C16H21N5O5S. The fourth-order valence-corrected chi connectivity index (χ4v) is 5.35. The number of fused-ring (bicyclic) bond motifs is 1. The van der Waals surface area contributed by atoms with Gasteiger partial charge in [-0.15, -0.1) is 0 Å². The molecule has 4 rings (SSSR count). The summed E-state index contributed by atoms with van der Waals surface area (Å²) >= 11 is 0. The van der Waals surface area contributed by atoms with Crippen LogP contribution in [0.5, 0.6) is 0 Å². The smallest absolute Gasteiger partial charge is 0.352 e. The van der Waals surface area contributed by atoms with Crippen LogP contribution in [0, 0.1) is 5.92 Å². The Morgan fingerprint density at radius 1 is 1.04 bits per heavy atom. The number of rotatable bonds is 3. The molecule has 146 valence electrons. The van der Waals surface area contributed by atoms with Crippen LogP contribution in [0.1, 0.15) is 12.8 Å². The Morgan fingerprint density at radius 3 is 2.41 bits per heavy atom. The Bertz CT molecular complexity index is 822. The van der Waals surface area contributed by atoms with Gasteiger partial charge in [0.15, 0.2) is 0 Å². The lowest BCUT2D eigenvalue weighted by atomic mass is 9.98. The Morgan fingerprint density at radius 2 is 1.70 bits per heavy atom. The lowest BCUT2D eigenvalue weighted by Gasteiger charge is -2.40. The quantitative estimate of drug-likeness (QED) is 0.648. The van der Waals surface area contributed by atoms with Gasteiger partial charge >= 0.3 is 6.03 Å². The summed E-state index contributed by atoms with van der Waals surface area (Å²) in [6, 6.07) is -0.973. The summed E-state index contributed by atoms with van der Waals surface area (Å²) in [4.78, 5) is 34.2. The number of nitrogens with zero attached hydrogens (tertiary/aromatic N) is 5. The number of hydrogen-bond acceptors (Lipinski definition) is 6. The molecule has 0 saturated carbocycles. The molecule has 0 aromatic heterocycles. The molecule has 1 atom stereocenters. The Kier molecular flexibility index (Phi) is 4.93. The lowest BCUT2D eigenvalue weighted by molar-refractivity contribution is -0.131. The first-order valence-corrected chi connectivity index (χ1v) is 10.4. The molecule has 0 radical (unpaired) electrons. The highest BCUT2D eigenvalue weighted by atomic mass is 32.2. The first-order chi connectivity index (χ1) is 13.0. The Hall–Kier alpha value is -1.95. The Labute approximate surface area is 157 Å². The van der Waals surface area contributed by atoms with Gasteiger partial charge in [-0.25, -0.2) is 9.79 Å². The summed E-state index contributed by atoms with van der Waals surface area (Å²) < 4.78 is 33.5. The van der Waals surface area contributed by atoms with Crippen LogP contribution in [0.15, 0.2) is 22.1 Å². The highest BCUT2D eigenvalue weighted by molar-refractivity contribution is 7.86. The van der Waals surface area contributed by atoms with Crippen molar-refractivity contribution in [1.29, 1.82) is 0 Å². The summed E-state index contributed by atoms with van der Waals surface area (Å²) in [5.74, 6) is -0.758. The summed E-state index contributed by atoms with van der Waals surface area (Å²) in [6.07, 6.45) is 5.62. The van der Waals surface area contributed by atoms with Crippen molar-refractivity contribution in [1.82, 2.24) is 13.5 Å². The average Bonchev–Trinajstić information content (AvgIpc) is 2.69. The molecule has 1 unspecified atom stereocenters. The number of amides is 3. The molecule has 4 heterocycles. The molecule has 0 aromatic rings. The van der Waals surface area contributed by atoms with E-state index in [1.165, 1.54) is 19.7 Å². The topological polar surface area (TPSA) is 112 Å². The molecule has 4 aliphatic rings. The van der Waals surface area contributed by atoms with Crippen molar-refractivity contribution in [3.05, 3.63) is 12.2 Å². The summed E-state index contributed by atoms with van der Waals surface area (Å²) in [7, 11) is -3.54. The number of ether oxygens (including phenoxy) is 1. The average molecular weight is 395 g/mol. The number of carbonyl (C=O) groups is 2. The second-order valence-corrected chi connectivity index (χ2v) is 8.68. The van der Waals surface area contributed by atoms with E-state index >= 15 is 0 Å². The molecule has 27 heavy (non-hydrogen) atoms. The number of morpholine rings is 1. The van der Waals surface area contributed by atoms with Gasteiger partial charge in [0.1, 0.15) is 11.8 Å². The number of aliphatic imine (C=N–C) groups is 2. The molecular weight excluding hydrogens is 374 g/mol. The molecule has 2 fully saturated rings. The van der Waals surface area contributed by atoms with E-state index in [0.29, 0.717) is 39.1 Å². The van der Waals surface area contributed by atoms with E-state index in [1.807, 2.05) is 0 Å². The second kappa shape index (κ2) is 7.23. The zero-order valence-electron chi connectivity index (χ0n) is 14.7. The van der Waals surface area contributed by atoms with Gasteiger partial charge in [0.25, 0.3) is 10.2 Å². The van der Waals surface area contributed by atoms with Gasteiger partial charge in [0.2, 0.25) is 5.91 Å². The number of amidine groups is 1. The van der Waals surface area contributed by atoms with Crippen LogP contribution in [0.4, 0.5) is 4.79 Å². The van der Waals surface area contributed by atoms with Gasteiger partial charge in [-0.3, -0.25) is 9.69 Å². The third-order valence-electron chi connectivity index (χ3n) is 5.21. The van der Waals surface area contributed by atoms with Crippen LogP contribution >= 0.6 is 0 Å². The van der Waals surface area contributed by atoms with Crippen molar-refractivity contribution in [2.45, 2.75) is 18.9 Å². The van der Waals surface area contributed by atoms with E-state index in [0.717, 1.165) is 0 Å². The molecule has 0 bridgehead atoms. The van der Waals surface area contributed by atoms with Gasteiger partial charge in [-0.05, 0) is 18.9 Å². The fourth-order valence-electron chi connectivity index (χ4n) is 3.74. The van der Waals surface area contributed by atoms with Crippen molar-refractivity contribution in [2.75, 3.05) is 39.4 Å². The summed E-state index contributed by atoms with van der Waals surface area (Å²) in [5, 5.41) is 0. The Balaban J connectivity index is 1.44. The van der Waals surface area contributed by atoms with Crippen LogP contribution in [0.2, 0.25) is 0 Å². The molecule has 0 aromatic carbocycles. The van der Waals surface area contributed by atoms with E-state index in [2.05, 4.69) is 9.98 Å². The summed E-state index contributed by atoms with van der Waals surface area (Å²) in [6.45, 7) is 2.00. The molecule has 0 N–H and O–H groups in total. The number of imide groups is 1. The third kappa shape index (κ3) is 3.35. The van der Waals surface area contributed by atoms with E-state index in [-0.39, 0.29) is 30.9 Å². The number of urea groups is 1. The molecule has 2 saturated heterocycles. The van der Waals surface area contributed by atoms with E-state index in [9.17, 15) is 18.0 Å². The second-order valence-electron chi connectivity index (χ2n) is 6.75. The number of dihydropyridines is 1. The molecule has 10 nitrogen and oxygen atoms in total. The van der Waals surface area contributed by atoms with Gasteiger partial charge < -0.3 is 4.74 Å². The monoisotopic (exact) mass is 395 g/mol. The maximum atomic E-state index is 12.7. The van der Waals surface area contributed by atoms with Crippen LogP contribution in [0.25, 0.3) is 0 Å². The zero-order chi connectivity index (χ0) is 19.0. The van der Waals surface area contributed by atoms with Crippen molar-refractivity contribution in [2.24, 2.45) is 15.9 Å². The zero-order valence-corrected chi connectivity index (χ0v) is 15.5. The molecule has 11 heteroatoms. The fraction of sp³-hybridized carbons (Fsp3) is 0.625. The minimum atomic E-state index is -3.54. The van der Waals surface area contributed by atoms with Gasteiger partial charge in [-0.2, -0.15) is 22.0 Å². The SMILES string of the molecule is O=C1N=C2N=CC=CC2C(=O)N1C1CCN(S(=O)(=O)N2CCOCC2)CC1. The number of allylic oxidation sites excluding steroid dienone is 1. The highest BCUT2D eigenvalue weighted by Gasteiger charge is 2.43. The molecule has 4 aliphatic heterocycles. The maximum Gasteiger partial charge on any atom is 0.352 e. The third-order valence-corrected chi connectivity index (χ3v) is 7.24. The number of carbonyl (C=O) groups excluding carboxylic acids is 2. The van der Waals surface area contributed by atoms with E-state index in [4.69, 9.17) is 4.74 Å². The van der Waals surface area contributed by atoms with Gasteiger partial charge in [0.05, 0.1) is 13.2 Å². The van der Waals surface area contributed by atoms with E-state index < -0.39 is 22.2 Å². The minimum Gasteiger partial charge on any atom is -0.379 e. The van der Waals surface area contributed by atoms with Gasteiger partial charge in [0, 0.05) is 38.4 Å². The van der Waals surface area contributed by atoms with Crippen LogP contribution in [-0.4, -0.2) is 91.4 Å². The van der Waals surface area contributed by atoms with Crippen LogP contribution in [-0.2, 0) is 19.7 Å². The van der Waals surface area contributed by atoms with Crippen LogP contribution < -0.4 is 0 Å². The summed E-state index contributed by atoms with van der Waals surface area (Å²) in [5.41, 5.74) is 0. The predicted molar refractivity (Wildman–Crippen MR) is 96.7 cm³/mol. The molecule has 0 spiro atoms. The van der Waals surface area contributed by atoms with Crippen molar-refractivity contribution in [3.63, 3.8) is 0 Å². The maximum absolute atomic E-state index is 12.7. The number of hydrogen-bond donors (Lipinski definition) is 0. The van der Waals surface area contributed by atoms with Crippen molar-refractivity contribution < 1.29 is 22.7 Å². The van der Waals surface area contributed by atoms with Crippen molar-refractivity contribution >= 4 is 34.2 Å². The highest BCUT2D eigenvalue weighted by Crippen LogP contribution is 2.27. The minimum absolute atomic E-state index is 0.219.